The Hall–Kier alpha value is -3.23. The Morgan fingerprint density at radius 3 is 2.70 bits per heavy atom. The van der Waals surface area contributed by atoms with Crippen molar-refractivity contribution in [2.45, 2.75) is 12.3 Å². The van der Waals surface area contributed by atoms with E-state index in [0.29, 0.717) is 11.3 Å². The summed E-state index contributed by atoms with van der Waals surface area (Å²) in [6, 6.07) is 11.0. The van der Waals surface area contributed by atoms with E-state index < -0.39 is 23.9 Å². The minimum absolute atomic E-state index is 0.0397. The molecule has 1 amide bonds. The van der Waals surface area contributed by atoms with Gasteiger partial charge in [-0.05, 0) is 30.3 Å². The van der Waals surface area contributed by atoms with E-state index in [1.165, 1.54) is 17.0 Å². The second kappa shape index (κ2) is 7.18. The van der Waals surface area contributed by atoms with Crippen LogP contribution in [-0.2, 0) is 10.9 Å². The number of amidine groups is 1. The van der Waals surface area contributed by atoms with Gasteiger partial charge in [-0.2, -0.15) is 13.2 Å². The highest BCUT2D eigenvalue weighted by Crippen LogP contribution is 2.31. The molecule has 0 spiro atoms. The molecule has 0 saturated carbocycles. The molecule has 3 rings (SSSR count). The maximum absolute atomic E-state index is 12.7. The SMILES string of the molecule is N=C(N)c1cccc(N2CC(COc3cccc(C(F)(F)F)c3)OC2=O)c1. The number of carbonyl (C=O) groups excluding carboxylic acids is 1. The van der Waals surface area contributed by atoms with Gasteiger partial charge in [-0.3, -0.25) is 10.3 Å². The van der Waals surface area contributed by atoms with E-state index in [-0.39, 0.29) is 24.7 Å². The summed E-state index contributed by atoms with van der Waals surface area (Å²) >= 11 is 0. The lowest BCUT2D eigenvalue weighted by atomic mass is 10.1. The minimum atomic E-state index is -4.46. The van der Waals surface area contributed by atoms with Gasteiger partial charge < -0.3 is 15.2 Å². The molecule has 0 bridgehead atoms. The fourth-order valence-corrected chi connectivity index (χ4v) is 2.61. The lowest BCUT2D eigenvalue weighted by Crippen LogP contribution is -2.27. The van der Waals surface area contributed by atoms with Crippen molar-refractivity contribution >= 4 is 17.6 Å². The van der Waals surface area contributed by atoms with Crippen molar-refractivity contribution in [3.63, 3.8) is 0 Å². The summed E-state index contributed by atoms with van der Waals surface area (Å²) in [5, 5.41) is 7.46. The number of anilines is 1. The van der Waals surface area contributed by atoms with Crippen LogP contribution >= 0.6 is 0 Å². The summed E-state index contributed by atoms with van der Waals surface area (Å²) in [5.41, 5.74) is 5.60. The Bertz CT molecular complexity index is 870. The number of cyclic esters (lactones) is 1. The molecule has 1 saturated heterocycles. The fraction of sp³-hybridized carbons (Fsp3) is 0.222. The molecule has 27 heavy (non-hydrogen) atoms. The molecule has 1 unspecified atom stereocenters. The van der Waals surface area contributed by atoms with Gasteiger partial charge in [-0.15, -0.1) is 0 Å². The van der Waals surface area contributed by atoms with Gasteiger partial charge in [0.1, 0.15) is 18.2 Å². The predicted octanol–water partition coefficient (Wildman–Crippen LogP) is 3.39. The molecule has 142 valence electrons. The second-order valence-electron chi connectivity index (χ2n) is 5.92. The number of halogens is 3. The number of nitrogens with zero attached hydrogens (tertiary/aromatic N) is 1. The largest absolute Gasteiger partial charge is 0.490 e. The third kappa shape index (κ3) is 4.30. The molecule has 1 aliphatic heterocycles. The topological polar surface area (TPSA) is 88.6 Å². The van der Waals surface area contributed by atoms with Crippen molar-refractivity contribution in [3.8, 4) is 5.75 Å². The van der Waals surface area contributed by atoms with E-state index >= 15 is 0 Å². The Labute approximate surface area is 152 Å². The number of alkyl halides is 3. The number of nitrogen functional groups attached to an aromatic ring is 1. The van der Waals surface area contributed by atoms with Crippen LogP contribution in [0.4, 0.5) is 23.7 Å². The van der Waals surface area contributed by atoms with Gasteiger partial charge >= 0.3 is 12.3 Å². The van der Waals surface area contributed by atoms with Crippen LogP contribution in [0, 0.1) is 5.41 Å². The maximum Gasteiger partial charge on any atom is 0.416 e. The molecular weight excluding hydrogens is 363 g/mol. The van der Waals surface area contributed by atoms with Crippen molar-refractivity contribution in [1.82, 2.24) is 0 Å². The lowest BCUT2D eigenvalue weighted by molar-refractivity contribution is -0.137. The number of nitrogens with one attached hydrogen (secondary N) is 1. The van der Waals surface area contributed by atoms with E-state index in [4.69, 9.17) is 20.6 Å². The lowest BCUT2D eigenvalue weighted by Gasteiger charge is -2.14. The highest BCUT2D eigenvalue weighted by molar-refractivity contribution is 5.97. The summed E-state index contributed by atoms with van der Waals surface area (Å²) in [5.74, 6) is -0.0910. The molecule has 0 aliphatic carbocycles. The van der Waals surface area contributed by atoms with Crippen molar-refractivity contribution in [2.24, 2.45) is 5.73 Å². The molecule has 1 atom stereocenters. The zero-order chi connectivity index (χ0) is 19.6. The monoisotopic (exact) mass is 379 g/mol. The summed E-state index contributed by atoms with van der Waals surface area (Å²) < 4.78 is 48.8. The van der Waals surface area contributed by atoms with Crippen molar-refractivity contribution < 1.29 is 27.4 Å². The van der Waals surface area contributed by atoms with Gasteiger partial charge in [0, 0.05) is 11.3 Å². The van der Waals surface area contributed by atoms with Gasteiger partial charge in [0.25, 0.3) is 0 Å². The van der Waals surface area contributed by atoms with Crippen LogP contribution in [0.25, 0.3) is 0 Å². The third-order valence-corrected chi connectivity index (χ3v) is 3.94. The number of ether oxygens (including phenoxy) is 2. The van der Waals surface area contributed by atoms with Gasteiger partial charge in [0.15, 0.2) is 6.10 Å². The Morgan fingerprint density at radius 1 is 1.26 bits per heavy atom. The van der Waals surface area contributed by atoms with Crippen LogP contribution in [0.5, 0.6) is 5.75 Å². The zero-order valence-electron chi connectivity index (χ0n) is 14.0. The average Bonchev–Trinajstić information content (AvgIpc) is 3.00. The van der Waals surface area contributed by atoms with Gasteiger partial charge in [-0.1, -0.05) is 18.2 Å². The number of rotatable bonds is 5. The molecule has 2 aromatic carbocycles. The van der Waals surface area contributed by atoms with Gasteiger partial charge in [0.05, 0.1) is 12.1 Å². The summed E-state index contributed by atoms with van der Waals surface area (Å²) in [6.45, 7) is 0.0785. The van der Waals surface area contributed by atoms with E-state index in [2.05, 4.69) is 0 Å². The Balaban J connectivity index is 1.65. The maximum atomic E-state index is 12.7. The first kappa shape index (κ1) is 18.6. The van der Waals surface area contributed by atoms with Crippen LogP contribution in [0.15, 0.2) is 48.5 Å². The molecule has 6 nitrogen and oxygen atoms in total. The van der Waals surface area contributed by atoms with Gasteiger partial charge in [0.2, 0.25) is 0 Å². The number of amides is 1. The molecule has 3 N–H and O–H groups in total. The normalized spacial score (nSPS) is 16.9. The zero-order valence-corrected chi connectivity index (χ0v) is 14.0. The van der Waals surface area contributed by atoms with Crippen molar-refractivity contribution in [1.29, 1.82) is 5.41 Å². The second-order valence-corrected chi connectivity index (χ2v) is 5.92. The third-order valence-electron chi connectivity index (χ3n) is 3.94. The van der Waals surface area contributed by atoms with Crippen LogP contribution in [-0.4, -0.2) is 31.2 Å². The highest BCUT2D eigenvalue weighted by atomic mass is 19.4. The minimum Gasteiger partial charge on any atom is -0.490 e. The number of hydrogen-bond acceptors (Lipinski definition) is 4. The molecule has 0 radical (unpaired) electrons. The quantitative estimate of drug-likeness (QED) is 0.616. The van der Waals surface area contributed by atoms with Crippen molar-refractivity contribution in [3.05, 3.63) is 59.7 Å². The molecular formula is C18H16F3N3O3. The molecule has 9 heteroatoms. The summed E-state index contributed by atoms with van der Waals surface area (Å²) in [4.78, 5) is 13.4. The standard InChI is InChI=1S/C18H16F3N3O3/c19-18(20,21)12-4-2-6-14(8-12)26-10-15-9-24(17(25)27-15)13-5-1-3-11(7-13)16(22)23/h1-8,15H,9-10H2,(H3,22,23). The molecule has 1 fully saturated rings. The van der Waals surface area contributed by atoms with Crippen LogP contribution in [0.1, 0.15) is 11.1 Å². The molecule has 0 aromatic heterocycles. The number of benzene rings is 2. The smallest absolute Gasteiger partial charge is 0.416 e. The molecule has 2 aromatic rings. The van der Waals surface area contributed by atoms with Crippen LogP contribution in [0.2, 0.25) is 0 Å². The van der Waals surface area contributed by atoms with E-state index in [9.17, 15) is 18.0 Å². The first-order chi connectivity index (χ1) is 12.7. The number of nitrogens with two attached hydrogens (primary N) is 1. The Morgan fingerprint density at radius 2 is 2.00 bits per heavy atom. The first-order valence-corrected chi connectivity index (χ1v) is 7.97. The average molecular weight is 379 g/mol. The molecule has 1 aliphatic rings. The number of carbonyl (C=O) groups is 1. The van der Waals surface area contributed by atoms with E-state index in [1.54, 1.807) is 24.3 Å². The number of hydrogen-bond donors (Lipinski definition) is 2. The molecule has 1 heterocycles. The Kier molecular flexibility index (Phi) is 4.93. The predicted molar refractivity (Wildman–Crippen MR) is 92.0 cm³/mol. The van der Waals surface area contributed by atoms with Crippen LogP contribution in [0.3, 0.4) is 0 Å². The van der Waals surface area contributed by atoms with E-state index in [1.807, 2.05) is 0 Å². The van der Waals surface area contributed by atoms with Crippen LogP contribution < -0.4 is 15.4 Å². The van der Waals surface area contributed by atoms with E-state index in [0.717, 1.165) is 12.1 Å². The van der Waals surface area contributed by atoms with Gasteiger partial charge in [-0.25, -0.2) is 4.79 Å². The highest BCUT2D eigenvalue weighted by Gasteiger charge is 2.34. The summed E-state index contributed by atoms with van der Waals surface area (Å²) in [6.07, 6.45) is -5.71. The van der Waals surface area contributed by atoms with Crippen molar-refractivity contribution in [2.75, 3.05) is 18.1 Å². The fourth-order valence-electron chi connectivity index (χ4n) is 2.61. The first-order valence-electron chi connectivity index (χ1n) is 7.97. The summed E-state index contributed by atoms with van der Waals surface area (Å²) in [7, 11) is 0.